The first kappa shape index (κ1) is 28.8. The number of ketones is 4. The van der Waals surface area contributed by atoms with Crippen molar-refractivity contribution < 1.29 is 28.8 Å². The lowest BCUT2D eigenvalue weighted by atomic mass is 9.84. The molecule has 0 saturated heterocycles. The number of hydrogen-bond donors (Lipinski definition) is 2. The van der Waals surface area contributed by atoms with Crippen molar-refractivity contribution in [2.24, 2.45) is 0 Å². The molecule has 0 fully saturated rings. The molecule has 0 radical (unpaired) electrons. The third-order valence-electron chi connectivity index (χ3n) is 6.21. The van der Waals surface area contributed by atoms with Gasteiger partial charge in [-0.05, 0) is 58.1 Å². The van der Waals surface area contributed by atoms with Crippen LogP contribution < -0.4 is 11.1 Å². The van der Waals surface area contributed by atoms with Crippen LogP contribution in [0.25, 0.3) is 22.3 Å². The highest BCUT2D eigenvalue weighted by Gasteiger charge is 2.31. The first-order valence-electron chi connectivity index (χ1n) is 12.3. The minimum Gasteiger partial charge on any atom is -0.399 e. The zero-order valence-corrected chi connectivity index (χ0v) is 22.7. The van der Waals surface area contributed by atoms with Crippen LogP contribution in [0.15, 0.2) is 84.9 Å². The molecule has 204 valence electrons. The Hall–Kier alpha value is -5.21. The van der Waals surface area contributed by atoms with E-state index in [1.165, 1.54) is 13.8 Å². The van der Waals surface area contributed by atoms with Gasteiger partial charge in [0.25, 0.3) is 0 Å². The number of nitrogens with one attached hydrogen (secondary N) is 1. The number of hydrogen-bond acceptors (Lipinski definition) is 7. The first-order valence-corrected chi connectivity index (χ1v) is 12.7. The fraction of sp³-hybridized carbons (Fsp3) is 0.0625. The summed E-state index contributed by atoms with van der Waals surface area (Å²) in [6, 6.07) is 24.3. The number of carbonyl (C=O) groups excluding carboxylic acids is 6. The summed E-state index contributed by atoms with van der Waals surface area (Å²) in [6.45, 7) is 2.68. The Kier molecular flexibility index (Phi) is 8.35. The Labute approximate surface area is 240 Å². The largest absolute Gasteiger partial charge is 0.399 e. The summed E-state index contributed by atoms with van der Waals surface area (Å²) in [5.74, 6) is -2.20. The number of amides is 1. The quantitative estimate of drug-likeness (QED) is 0.169. The molecule has 0 unspecified atom stereocenters. The SMILES string of the molecule is CC(=O)Cl.CC(=O)Nc1ccc2c(c1)C(=O)C(=O)c1ccccc1-2.Nc1ccc2c(c1)C(=O)C(=O)c1ccccc1-2. The van der Waals surface area contributed by atoms with Crippen LogP contribution in [0.2, 0.25) is 0 Å². The van der Waals surface area contributed by atoms with Gasteiger partial charge in [0.1, 0.15) is 0 Å². The number of carbonyl (C=O) groups is 6. The number of benzene rings is 4. The molecule has 4 aromatic carbocycles. The van der Waals surface area contributed by atoms with Gasteiger partial charge in [-0.1, -0.05) is 60.7 Å². The molecule has 6 rings (SSSR count). The molecule has 0 atom stereocenters. The number of rotatable bonds is 1. The van der Waals surface area contributed by atoms with Gasteiger partial charge in [-0.2, -0.15) is 0 Å². The van der Waals surface area contributed by atoms with Crippen molar-refractivity contribution in [3.05, 3.63) is 107 Å². The van der Waals surface area contributed by atoms with Crippen LogP contribution >= 0.6 is 11.6 Å². The van der Waals surface area contributed by atoms with E-state index in [0.717, 1.165) is 22.3 Å². The van der Waals surface area contributed by atoms with E-state index in [0.29, 0.717) is 33.6 Å². The van der Waals surface area contributed by atoms with Crippen molar-refractivity contribution in [3.63, 3.8) is 0 Å². The molecule has 4 aromatic rings. The fourth-order valence-corrected chi connectivity index (χ4v) is 4.55. The van der Waals surface area contributed by atoms with Crippen LogP contribution in [0.3, 0.4) is 0 Å². The molecule has 0 heterocycles. The summed E-state index contributed by atoms with van der Waals surface area (Å²) in [4.78, 5) is 68.3. The second kappa shape index (κ2) is 11.9. The van der Waals surface area contributed by atoms with E-state index >= 15 is 0 Å². The molecule has 1 amide bonds. The molecule has 0 bridgehead atoms. The van der Waals surface area contributed by atoms with Gasteiger partial charge in [0.15, 0.2) is 0 Å². The molecule has 0 saturated carbocycles. The van der Waals surface area contributed by atoms with Gasteiger partial charge in [0, 0.05) is 47.5 Å². The standard InChI is InChI=1S/C16H11NO3.C14H9NO2.C2H3ClO/c1-9(18)17-10-6-7-12-11-4-2-3-5-13(11)15(19)16(20)14(12)8-10;15-8-5-6-10-9-3-1-2-4-11(9)13(16)14(17)12(10)7-8;1-2(3)4/h2-8H,1H3,(H,17,18);1-7H,15H2;1H3. The molecule has 2 aliphatic rings. The fourth-order valence-electron chi connectivity index (χ4n) is 4.55. The van der Waals surface area contributed by atoms with Gasteiger partial charge in [-0.3, -0.25) is 28.8 Å². The van der Waals surface area contributed by atoms with Gasteiger partial charge >= 0.3 is 0 Å². The summed E-state index contributed by atoms with van der Waals surface area (Å²) in [6.07, 6.45) is 0. The molecule has 41 heavy (non-hydrogen) atoms. The van der Waals surface area contributed by atoms with E-state index in [1.807, 2.05) is 24.3 Å². The van der Waals surface area contributed by atoms with Crippen molar-refractivity contribution >= 4 is 57.3 Å². The summed E-state index contributed by atoms with van der Waals surface area (Å²) < 4.78 is 0. The van der Waals surface area contributed by atoms with E-state index in [4.69, 9.17) is 5.73 Å². The van der Waals surface area contributed by atoms with Gasteiger partial charge in [-0.15, -0.1) is 0 Å². The highest BCUT2D eigenvalue weighted by molar-refractivity contribution is 6.62. The Balaban J connectivity index is 0.000000169. The maximum atomic E-state index is 12.2. The van der Waals surface area contributed by atoms with Crippen molar-refractivity contribution in [1.82, 2.24) is 0 Å². The predicted octanol–water partition coefficient (Wildman–Crippen LogP) is 5.78. The summed E-state index contributed by atoms with van der Waals surface area (Å²) in [5.41, 5.74) is 11.3. The number of anilines is 2. The first-order chi connectivity index (χ1) is 19.5. The van der Waals surface area contributed by atoms with Gasteiger partial charge < -0.3 is 11.1 Å². The van der Waals surface area contributed by atoms with Crippen LogP contribution in [0, 0.1) is 0 Å². The van der Waals surface area contributed by atoms with Gasteiger partial charge in [-0.25, -0.2) is 0 Å². The highest BCUT2D eigenvalue weighted by atomic mass is 35.5. The average molecular weight is 567 g/mol. The lowest BCUT2D eigenvalue weighted by Gasteiger charge is -2.18. The predicted molar refractivity (Wildman–Crippen MR) is 156 cm³/mol. The Morgan fingerprint density at radius 2 is 0.927 bits per heavy atom. The Morgan fingerprint density at radius 1 is 0.561 bits per heavy atom. The molecule has 0 aromatic heterocycles. The van der Waals surface area contributed by atoms with Crippen molar-refractivity contribution in [3.8, 4) is 22.3 Å². The zero-order valence-electron chi connectivity index (χ0n) is 22.0. The van der Waals surface area contributed by atoms with E-state index in [2.05, 4.69) is 16.9 Å². The molecule has 0 spiro atoms. The molecule has 8 nitrogen and oxygen atoms in total. The topological polar surface area (TPSA) is 140 Å². The second-order valence-electron chi connectivity index (χ2n) is 9.12. The lowest BCUT2D eigenvalue weighted by Crippen LogP contribution is -2.21. The summed E-state index contributed by atoms with van der Waals surface area (Å²) >= 11 is 4.64. The molecular formula is C32H23ClN2O6. The van der Waals surface area contributed by atoms with Crippen LogP contribution in [0.1, 0.15) is 55.3 Å². The minimum atomic E-state index is -0.536. The third-order valence-corrected chi connectivity index (χ3v) is 6.21. The molecule has 3 N–H and O–H groups in total. The maximum Gasteiger partial charge on any atom is 0.234 e. The van der Waals surface area contributed by atoms with Crippen LogP contribution in [0.5, 0.6) is 0 Å². The monoisotopic (exact) mass is 566 g/mol. The van der Waals surface area contributed by atoms with E-state index < -0.39 is 23.1 Å². The average Bonchev–Trinajstić information content (AvgIpc) is 2.94. The highest BCUT2D eigenvalue weighted by Crippen LogP contribution is 2.35. The van der Waals surface area contributed by atoms with Crippen molar-refractivity contribution in [1.29, 1.82) is 0 Å². The number of fused-ring (bicyclic) bond motifs is 6. The number of Topliss-reactive ketones (excluding diaryl/α,β-unsaturated/α-hetero) is 4. The molecule has 0 aliphatic heterocycles. The summed E-state index contributed by atoms with van der Waals surface area (Å²) in [7, 11) is 0. The zero-order chi connectivity index (χ0) is 29.8. The van der Waals surface area contributed by atoms with Gasteiger partial charge in [0.05, 0.1) is 0 Å². The smallest absolute Gasteiger partial charge is 0.234 e. The molecule has 2 aliphatic carbocycles. The van der Waals surface area contributed by atoms with Crippen LogP contribution in [0.4, 0.5) is 11.4 Å². The third kappa shape index (κ3) is 6.03. The van der Waals surface area contributed by atoms with Crippen LogP contribution in [-0.4, -0.2) is 34.3 Å². The molecule has 9 heteroatoms. The maximum absolute atomic E-state index is 12.2. The van der Waals surface area contributed by atoms with E-state index in [1.54, 1.807) is 60.7 Å². The lowest BCUT2D eigenvalue weighted by molar-refractivity contribution is -0.114. The summed E-state index contributed by atoms with van der Waals surface area (Å²) in [5, 5.41) is 2.25. The number of nitrogen functional groups attached to an aromatic ring is 1. The van der Waals surface area contributed by atoms with Crippen molar-refractivity contribution in [2.45, 2.75) is 13.8 Å². The van der Waals surface area contributed by atoms with E-state index in [-0.39, 0.29) is 11.1 Å². The second-order valence-corrected chi connectivity index (χ2v) is 9.66. The van der Waals surface area contributed by atoms with Crippen molar-refractivity contribution in [2.75, 3.05) is 11.1 Å². The van der Waals surface area contributed by atoms with E-state index in [9.17, 15) is 28.8 Å². The minimum absolute atomic E-state index is 0.222. The van der Waals surface area contributed by atoms with Crippen LogP contribution in [-0.2, 0) is 9.59 Å². The molecular weight excluding hydrogens is 544 g/mol. The van der Waals surface area contributed by atoms with Gasteiger partial charge in [0.2, 0.25) is 34.3 Å². The Morgan fingerprint density at radius 3 is 1.39 bits per heavy atom. The number of nitrogens with two attached hydrogens (primary N) is 1. The number of halogens is 1. The normalized spacial score (nSPS) is 12.3. The Bertz CT molecular complexity index is 1770.